The first-order chi connectivity index (χ1) is 10.5. The van der Waals surface area contributed by atoms with Gasteiger partial charge in [-0.1, -0.05) is 51.1 Å². The summed E-state index contributed by atoms with van der Waals surface area (Å²) >= 11 is 0. The molecular formula is C18H25ClN2O2. The number of nitrogens with two attached hydrogens (primary N) is 1. The smallest absolute Gasteiger partial charge is 0.254 e. The number of furan rings is 1. The third kappa shape index (κ3) is 4.36. The maximum Gasteiger partial charge on any atom is 0.254 e. The van der Waals surface area contributed by atoms with Crippen molar-refractivity contribution in [2.24, 2.45) is 5.73 Å². The van der Waals surface area contributed by atoms with Crippen LogP contribution in [-0.4, -0.2) is 11.9 Å². The molecule has 1 heterocycles. The van der Waals surface area contributed by atoms with Crippen molar-refractivity contribution >= 4 is 18.3 Å². The molecule has 0 aliphatic rings. The lowest BCUT2D eigenvalue weighted by atomic mass is 9.76. The average molecular weight is 337 g/mol. The van der Waals surface area contributed by atoms with E-state index in [4.69, 9.17) is 10.2 Å². The van der Waals surface area contributed by atoms with Crippen LogP contribution in [0.2, 0.25) is 0 Å². The number of halogens is 1. The van der Waals surface area contributed by atoms with E-state index in [0.717, 1.165) is 6.42 Å². The Labute approximate surface area is 143 Å². The molecule has 1 aromatic heterocycles. The van der Waals surface area contributed by atoms with Crippen LogP contribution in [0.5, 0.6) is 0 Å². The summed E-state index contributed by atoms with van der Waals surface area (Å²) in [4.78, 5) is 12.4. The van der Waals surface area contributed by atoms with Gasteiger partial charge in [0.25, 0.3) is 5.91 Å². The number of nitrogens with one attached hydrogen (secondary N) is 1. The summed E-state index contributed by atoms with van der Waals surface area (Å²) in [5, 5.41) is 3.12. The molecule has 23 heavy (non-hydrogen) atoms. The highest BCUT2D eigenvalue weighted by atomic mass is 35.5. The Morgan fingerprint density at radius 1 is 1.30 bits per heavy atom. The van der Waals surface area contributed by atoms with Gasteiger partial charge in [0.1, 0.15) is 12.0 Å². The molecule has 0 bridgehead atoms. The first-order valence-corrected chi connectivity index (χ1v) is 7.63. The van der Waals surface area contributed by atoms with Gasteiger partial charge in [0.2, 0.25) is 0 Å². The number of carbonyl (C=O) groups is 1. The molecule has 0 aliphatic heterocycles. The van der Waals surface area contributed by atoms with Gasteiger partial charge >= 0.3 is 0 Å². The fourth-order valence-electron chi connectivity index (χ4n) is 2.71. The zero-order chi connectivity index (χ0) is 16.2. The Bertz CT molecular complexity index is 623. The molecule has 4 nitrogen and oxygen atoms in total. The summed E-state index contributed by atoms with van der Waals surface area (Å²) < 4.78 is 5.23. The van der Waals surface area contributed by atoms with Crippen molar-refractivity contribution in [1.29, 1.82) is 0 Å². The van der Waals surface area contributed by atoms with Crippen LogP contribution in [0.4, 0.5) is 0 Å². The Balaban J connectivity index is 0.00000264. The van der Waals surface area contributed by atoms with Gasteiger partial charge in [-0.2, -0.15) is 0 Å². The van der Waals surface area contributed by atoms with E-state index < -0.39 is 0 Å². The van der Waals surface area contributed by atoms with Crippen LogP contribution in [0.15, 0.2) is 47.1 Å². The van der Waals surface area contributed by atoms with Gasteiger partial charge in [-0.05, 0) is 18.1 Å². The molecule has 2 aromatic rings. The summed E-state index contributed by atoms with van der Waals surface area (Å²) in [5.74, 6) is 0.486. The number of hydrogen-bond donors (Lipinski definition) is 2. The maximum absolute atomic E-state index is 12.4. The number of benzene rings is 1. The van der Waals surface area contributed by atoms with Crippen LogP contribution < -0.4 is 11.1 Å². The van der Waals surface area contributed by atoms with E-state index in [1.54, 1.807) is 6.07 Å². The lowest BCUT2D eigenvalue weighted by Gasteiger charge is -2.35. The molecule has 0 saturated carbocycles. The number of carbonyl (C=O) groups excluding carboxylic acids is 1. The van der Waals surface area contributed by atoms with E-state index >= 15 is 0 Å². The van der Waals surface area contributed by atoms with Gasteiger partial charge in [0.05, 0.1) is 12.1 Å². The number of amides is 1. The van der Waals surface area contributed by atoms with Crippen LogP contribution in [-0.2, 0) is 12.0 Å². The third-order valence-electron chi connectivity index (χ3n) is 4.22. The number of hydrogen-bond acceptors (Lipinski definition) is 3. The molecule has 0 fully saturated rings. The second kappa shape index (κ2) is 8.18. The predicted octanol–water partition coefficient (Wildman–Crippen LogP) is 3.65. The van der Waals surface area contributed by atoms with E-state index in [1.165, 1.54) is 11.8 Å². The monoisotopic (exact) mass is 336 g/mol. The summed E-state index contributed by atoms with van der Waals surface area (Å²) in [6.07, 6.45) is 2.30. The summed E-state index contributed by atoms with van der Waals surface area (Å²) in [6, 6.07) is 12.0. The van der Waals surface area contributed by atoms with Crippen LogP contribution in [0.1, 0.15) is 48.9 Å². The fraction of sp³-hybridized carbons (Fsp3) is 0.389. The van der Waals surface area contributed by atoms with E-state index in [-0.39, 0.29) is 29.8 Å². The highest BCUT2D eigenvalue weighted by molar-refractivity contribution is 5.94. The lowest BCUT2D eigenvalue weighted by molar-refractivity contribution is 0.0916. The second-order valence-corrected chi connectivity index (χ2v) is 6.03. The van der Waals surface area contributed by atoms with Crippen LogP contribution in [0.25, 0.3) is 0 Å². The minimum Gasteiger partial charge on any atom is -0.467 e. The van der Waals surface area contributed by atoms with E-state index in [9.17, 15) is 4.79 Å². The van der Waals surface area contributed by atoms with Crippen molar-refractivity contribution in [2.75, 3.05) is 0 Å². The Hall–Kier alpha value is -1.78. The molecule has 3 N–H and O–H groups in total. The van der Waals surface area contributed by atoms with Gasteiger partial charge in [-0.3, -0.25) is 4.79 Å². The van der Waals surface area contributed by atoms with Crippen LogP contribution in [0.3, 0.4) is 0 Å². The Morgan fingerprint density at radius 2 is 1.96 bits per heavy atom. The standard InChI is InChI=1S/C18H24N2O2.ClH/c1-4-16(18(2,3)14-8-6-5-7-9-14)20-17(21)13-10-15(11-19)22-12-13;/h5-10,12,16H,4,11,19H2,1-3H3,(H,20,21);1H. The Kier molecular flexibility index (Phi) is 6.85. The Morgan fingerprint density at radius 3 is 2.48 bits per heavy atom. The number of rotatable bonds is 6. The largest absolute Gasteiger partial charge is 0.467 e. The molecule has 2 rings (SSSR count). The molecule has 0 saturated heterocycles. The van der Waals surface area contributed by atoms with Crippen molar-refractivity contribution < 1.29 is 9.21 Å². The molecule has 0 spiro atoms. The van der Waals surface area contributed by atoms with Gasteiger partial charge in [-0.25, -0.2) is 0 Å². The minimum atomic E-state index is -0.161. The summed E-state index contributed by atoms with van der Waals surface area (Å²) in [6.45, 7) is 6.67. The molecule has 0 radical (unpaired) electrons. The molecule has 5 heteroatoms. The van der Waals surface area contributed by atoms with Gasteiger partial charge in [0.15, 0.2) is 0 Å². The van der Waals surface area contributed by atoms with E-state index in [0.29, 0.717) is 17.9 Å². The van der Waals surface area contributed by atoms with Crippen LogP contribution >= 0.6 is 12.4 Å². The van der Waals surface area contributed by atoms with Crippen molar-refractivity contribution in [1.82, 2.24) is 5.32 Å². The molecule has 1 aromatic carbocycles. The maximum atomic E-state index is 12.4. The average Bonchev–Trinajstić information content (AvgIpc) is 3.02. The molecule has 126 valence electrons. The summed E-state index contributed by atoms with van der Waals surface area (Å²) in [7, 11) is 0. The molecule has 1 atom stereocenters. The van der Waals surface area contributed by atoms with Crippen molar-refractivity contribution in [2.45, 2.75) is 45.2 Å². The summed E-state index contributed by atoms with van der Waals surface area (Å²) in [5.41, 5.74) is 7.07. The predicted molar refractivity (Wildman–Crippen MR) is 94.9 cm³/mol. The highest BCUT2D eigenvalue weighted by Crippen LogP contribution is 2.29. The molecule has 0 aliphatic carbocycles. The quantitative estimate of drug-likeness (QED) is 0.846. The van der Waals surface area contributed by atoms with Crippen molar-refractivity contribution in [3.8, 4) is 0 Å². The topological polar surface area (TPSA) is 68.3 Å². The first-order valence-electron chi connectivity index (χ1n) is 7.63. The third-order valence-corrected chi connectivity index (χ3v) is 4.22. The van der Waals surface area contributed by atoms with E-state index in [2.05, 4.69) is 38.2 Å². The van der Waals surface area contributed by atoms with Gasteiger partial charge in [0, 0.05) is 11.5 Å². The zero-order valence-corrected chi connectivity index (χ0v) is 14.7. The SMILES string of the molecule is CCC(NC(=O)c1coc(CN)c1)C(C)(C)c1ccccc1.Cl. The fourth-order valence-corrected chi connectivity index (χ4v) is 2.71. The first kappa shape index (κ1) is 19.3. The van der Waals surface area contributed by atoms with Crippen molar-refractivity contribution in [3.05, 3.63) is 59.5 Å². The van der Waals surface area contributed by atoms with Crippen molar-refractivity contribution in [3.63, 3.8) is 0 Å². The molecule has 1 amide bonds. The van der Waals surface area contributed by atoms with Gasteiger partial charge < -0.3 is 15.5 Å². The normalized spacial score (nSPS) is 12.3. The molecular weight excluding hydrogens is 312 g/mol. The minimum absolute atomic E-state index is 0. The zero-order valence-electron chi connectivity index (χ0n) is 13.8. The lowest BCUT2D eigenvalue weighted by Crippen LogP contribution is -2.47. The second-order valence-electron chi connectivity index (χ2n) is 6.03. The molecule has 1 unspecified atom stereocenters. The highest BCUT2D eigenvalue weighted by Gasteiger charge is 2.31. The van der Waals surface area contributed by atoms with Crippen LogP contribution in [0, 0.1) is 0 Å². The van der Waals surface area contributed by atoms with Gasteiger partial charge in [-0.15, -0.1) is 12.4 Å². The van der Waals surface area contributed by atoms with E-state index in [1.807, 2.05) is 18.2 Å².